The molecule has 0 saturated carbocycles. The lowest BCUT2D eigenvalue weighted by Crippen LogP contribution is -2.24. The molecule has 0 bridgehead atoms. The van der Waals surface area contributed by atoms with Crippen molar-refractivity contribution < 1.29 is 14.7 Å². The van der Waals surface area contributed by atoms with Crippen molar-refractivity contribution >= 4 is 68.4 Å². The maximum Gasteiger partial charge on any atom is 0.279 e. The summed E-state index contributed by atoms with van der Waals surface area (Å²) in [6.45, 7) is 1.39. The number of nitrogens with one attached hydrogen (secondary N) is 2. The van der Waals surface area contributed by atoms with Gasteiger partial charge in [-0.25, -0.2) is 4.99 Å². The summed E-state index contributed by atoms with van der Waals surface area (Å²) in [4.78, 5) is 32.2. The molecule has 4 rings (SSSR count). The van der Waals surface area contributed by atoms with Crippen LogP contribution in [-0.2, 0) is 9.59 Å². The predicted octanol–water partition coefficient (Wildman–Crippen LogP) is 3.22. The second kappa shape index (κ2) is 7.47. The Morgan fingerprint density at radius 2 is 2.00 bits per heavy atom. The predicted molar refractivity (Wildman–Crippen MR) is 113 cm³/mol. The second-order valence-electron chi connectivity index (χ2n) is 6.10. The lowest BCUT2D eigenvalue weighted by atomic mass is 10.1. The third-order valence-electron chi connectivity index (χ3n) is 4.05. The Bertz CT molecular complexity index is 1300. The number of aromatic hydroxyl groups is 1. The van der Waals surface area contributed by atoms with Crippen LogP contribution >= 0.6 is 34.5 Å². The van der Waals surface area contributed by atoms with Crippen LogP contribution in [0.3, 0.4) is 0 Å². The Morgan fingerprint density at radius 3 is 2.76 bits per heavy atom. The number of halogens is 2. The van der Waals surface area contributed by atoms with E-state index in [0.717, 1.165) is 11.3 Å². The number of carbonyl (C=O) groups excluding carboxylic acids is 2. The monoisotopic (exact) mass is 446 g/mol. The van der Waals surface area contributed by atoms with Crippen LogP contribution in [0.4, 0.5) is 16.5 Å². The van der Waals surface area contributed by atoms with E-state index in [0.29, 0.717) is 37.1 Å². The van der Waals surface area contributed by atoms with Gasteiger partial charge in [-0.1, -0.05) is 40.6 Å². The van der Waals surface area contributed by atoms with Crippen molar-refractivity contribution in [2.75, 3.05) is 10.6 Å². The Balaban J connectivity index is 1.79. The van der Waals surface area contributed by atoms with E-state index >= 15 is 0 Å². The van der Waals surface area contributed by atoms with Crippen molar-refractivity contribution in [3.05, 3.63) is 61.9 Å². The maximum atomic E-state index is 12.5. The van der Waals surface area contributed by atoms with Crippen molar-refractivity contribution in [1.82, 2.24) is 4.98 Å². The molecule has 0 radical (unpaired) electrons. The third-order valence-corrected chi connectivity index (χ3v) is 5.85. The summed E-state index contributed by atoms with van der Waals surface area (Å²) in [5.74, 6) is -1.04. The first-order chi connectivity index (χ1) is 13.8. The molecule has 3 aromatic rings. The van der Waals surface area contributed by atoms with Gasteiger partial charge in [-0.05, 0) is 30.3 Å². The third kappa shape index (κ3) is 3.69. The molecule has 1 aliphatic rings. The van der Waals surface area contributed by atoms with Gasteiger partial charge >= 0.3 is 0 Å². The first-order valence-corrected chi connectivity index (χ1v) is 9.87. The summed E-state index contributed by atoms with van der Waals surface area (Å²) >= 11 is 13.3. The molecule has 2 heterocycles. The molecule has 0 unspecified atom stereocenters. The molecule has 29 heavy (non-hydrogen) atoms. The highest BCUT2D eigenvalue weighted by atomic mass is 35.5. The molecule has 1 aromatic heterocycles. The van der Waals surface area contributed by atoms with Crippen LogP contribution in [0, 0.1) is 0 Å². The van der Waals surface area contributed by atoms with E-state index < -0.39 is 5.91 Å². The number of nitrogens with zero attached hydrogens (tertiary/aromatic N) is 2. The van der Waals surface area contributed by atoms with Crippen molar-refractivity contribution in [2.24, 2.45) is 4.99 Å². The van der Waals surface area contributed by atoms with Gasteiger partial charge in [0.15, 0.2) is 5.13 Å². The van der Waals surface area contributed by atoms with E-state index in [1.54, 1.807) is 36.4 Å². The zero-order valence-corrected chi connectivity index (χ0v) is 17.1. The molecule has 0 atom stereocenters. The molecule has 7 nitrogen and oxygen atoms in total. The summed E-state index contributed by atoms with van der Waals surface area (Å²) in [5.41, 5.74) is 1.25. The largest absolute Gasteiger partial charge is 0.492 e. The zero-order chi connectivity index (χ0) is 20.7. The maximum absolute atomic E-state index is 12.5. The van der Waals surface area contributed by atoms with Crippen LogP contribution in [0.5, 0.6) is 5.88 Å². The van der Waals surface area contributed by atoms with Crippen molar-refractivity contribution in [1.29, 1.82) is 0 Å². The van der Waals surface area contributed by atoms with Gasteiger partial charge < -0.3 is 15.7 Å². The van der Waals surface area contributed by atoms with Gasteiger partial charge in [-0.2, -0.15) is 4.98 Å². The van der Waals surface area contributed by atoms with Crippen LogP contribution in [-0.4, -0.2) is 21.9 Å². The molecule has 2 amide bonds. The first kappa shape index (κ1) is 19.4. The quantitative estimate of drug-likeness (QED) is 0.570. The highest BCUT2D eigenvalue weighted by Gasteiger charge is 2.25. The molecule has 2 aromatic carbocycles. The minimum absolute atomic E-state index is 0.215. The number of anilines is 3. The highest BCUT2D eigenvalue weighted by Crippen LogP contribution is 2.38. The van der Waals surface area contributed by atoms with Gasteiger partial charge in [-0.15, -0.1) is 0 Å². The van der Waals surface area contributed by atoms with E-state index in [9.17, 15) is 14.7 Å². The minimum Gasteiger partial charge on any atom is -0.492 e. The number of amides is 2. The number of fused-ring (bicyclic) bond motifs is 1. The second-order valence-corrected chi connectivity index (χ2v) is 7.89. The number of benzene rings is 2. The molecule has 10 heteroatoms. The first-order valence-electron chi connectivity index (χ1n) is 8.29. The molecule has 3 N–H and O–H groups in total. The van der Waals surface area contributed by atoms with E-state index in [-0.39, 0.29) is 22.2 Å². The fourth-order valence-corrected chi connectivity index (χ4v) is 4.13. The number of aromatic nitrogens is 1. The molecule has 0 spiro atoms. The van der Waals surface area contributed by atoms with Gasteiger partial charge in [0.05, 0.1) is 26.7 Å². The minimum atomic E-state index is -0.494. The lowest BCUT2D eigenvalue weighted by Gasteiger charge is -2.05. The van der Waals surface area contributed by atoms with Gasteiger partial charge in [0, 0.05) is 17.8 Å². The number of hydrogen-bond acceptors (Lipinski definition) is 6. The van der Waals surface area contributed by atoms with Crippen LogP contribution < -0.4 is 21.2 Å². The van der Waals surface area contributed by atoms with Crippen LogP contribution in [0.15, 0.2) is 41.4 Å². The van der Waals surface area contributed by atoms with E-state index in [4.69, 9.17) is 23.2 Å². The Labute approximate surface area is 178 Å². The average molecular weight is 447 g/mol. The molecule has 0 fully saturated rings. The van der Waals surface area contributed by atoms with Crippen LogP contribution in [0.1, 0.15) is 11.8 Å². The van der Waals surface area contributed by atoms with Crippen molar-refractivity contribution in [3.63, 3.8) is 0 Å². The van der Waals surface area contributed by atoms with Crippen molar-refractivity contribution in [3.8, 4) is 5.88 Å². The number of carbonyl (C=O) groups is 2. The Morgan fingerprint density at radius 1 is 1.21 bits per heavy atom. The van der Waals surface area contributed by atoms with Crippen molar-refractivity contribution in [2.45, 2.75) is 6.92 Å². The normalized spacial score (nSPS) is 12.5. The molecule has 146 valence electrons. The summed E-state index contributed by atoms with van der Waals surface area (Å²) < 4.78 is 0. The van der Waals surface area contributed by atoms with Gasteiger partial charge in [0.2, 0.25) is 11.8 Å². The van der Waals surface area contributed by atoms with Gasteiger partial charge in [0.25, 0.3) is 5.91 Å². The van der Waals surface area contributed by atoms with Gasteiger partial charge in [0.1, 0.15) is 4.88 Å². The fourth-order valence-electron chi connectivity index (χ4n) is 2.86. The Hall–Kier alpha value is -2.94. The smallest absolute Gasteiger partial charge is 0.279 e. The summed E-state index contributed by atoms with van der Waals surface area (Å²) in [5, 5.41) is 18.0. The van der Waals surface area contributed by atoms with Crippen LogP contribution in [0.2, 0.25) is 10.0 Å². The van der Waals surface area contributed by atoms with E-state index in [2.05, 4.69) is 20.6 Å². The summed E-state index contributed by atoms with van der Waals surface area (Å²) in [7, 11) is 0. The average Bonchev–Trinajstić information content (AvgIpc) is 3.16. The lowest BCUT2D eigenvalue weighted by molar-refractivity contribution is -0.114. The highest BCUT2D eigenvalue weighted by molar-refractivity contribution is 7.17. The van der Waals surface area contributed by atoms with E-state index in [1.807, 2.05) is 0 Å². The SMILES string of the molecule is CC(=O)Nc1ccc2c(c1)=C(c1sc(Nc3cccc(Cl)c3Cl)nc1O)C(=O)N=2. The molecule has 0 aliphatic carbocycles. The van der Waals surface area contributed by atoms with Gasteiger partial charge in [-0.3, -0.25) is 9.59 Å². The number of thiazole rings is 1. The topological polar surface area (TPSA) is 104 Å². The summed E-state index contributed by atoms with van der Waals surface area (Å²) in [6.07, 6.45) is 0. The zero-order valence-electron chi connectivity index (χ0n) is 14.8. The molecule has 1 aliphatic heterocycles. The molecule has 0 saturated heterocycles. The van der Waals surface area contributed by atoms with E-state index in [1.165, 1.54) is 6.92 Å². The Kier molecular flexibility index (Phi) is 4.99. The number of hydrogen-bond donors (Lipinski definition) is 3. The fraction of sp³-hybridized carbons (Fsp3) is 0.0526. The number of rotatable bonds is 4. The standard InChI is InChI=1S/C19H12Cl2N4O3S/c1-8(26)22-9-5-6-12-10(7-9)14(17(27)23-12)16-18(28)25-19(29-16)24-13-4-2-3-11(20)15(13)21/h2-7,28H,1H3,(H,22,26)(H,24,25). The summed E-state index contributed by atoms with van der Waals surface area (Å²) in [6, 6.07) is 10.0. The van der Waals surface area contributed by atoms with Crippen LogP contribution in [0.25, 0.3) is 5.57 Å². The molecular formula is C19H12Cl2N4O3S. The molecular weight excluding hydrogens is 435 g/mol.